The molecule has 3 rings (SSSR count). The van der Waals surface area contributed by atoms with Gasteiger partial charge in [0.15, 0.2) is 0 Å². The first-order valence-corrected chi connectivity index (χ1v) is 11.3. The Morgan fingerprint density at radius 3 is 2.47 bits per heavy atom. The number of aryl methyl sites for hydroxylation is 1. The topological polar surface area (TPSA) is 81.9 Å². The summed E-state index contributed by atoms with van der Waals surface area (Å²) in [5.41, 5.74) is 3.02. The van der Waals surface area contributed by atoms with E-state index in [0.29, 0.717) is 18.1 Å². The van der Waals surface area contributed by atoms with Gasteiger partial charge in [0.1, 0.15) is 5.75 Å². The van der Waals surface area contributed by atoms with E-state index in [2.05, 4.69) is 44.6 Å². The second kappa shape index (κ2) is 12.1. The molecule has 1 aromatic heterocycles. The van der Waals surface area contributed by atoms with Gasteiger partial charge in [-0.1, -0.05) is 49.4 Å². The second-order valence-electron chi connectivity index (χ2n) is 7.05. The van der Waals surface area contributed by atoms with E-state index in [1.807, 2.05) is 12.1 Å². The number of carbonyl (C=O) groups is 1. The smallest absolute Gasteiger partial charge is 0.387 e. The Hall–Kier alpha value is -3.01. The van der Waals surface area contributed by atoms with Crippen LogP contribution in [0.1, 0.15) is 30.9 Å². The van der Waals surface area contributed by atoms with Crippen molar-refractivity contribution in [2.24, 2.45) is 0 Å². The number of nitrogens with one attached hydrogen (secondary N) is 1. The van der Waals surface area contributed by atoms with Crippen molar-refractivity contribution in [3.8, 4) is 11.4 Å². The monoisotopic (exact) mass is 461 g/mol. The number of halogens is 2. The molecule has 0 aliphatic rings. The van der Waals surface area contributed by atoms with Crippen LogP contribution in [0.2, 0.25) is 0 Å². The van der Waals surface area contributed by atoms with Gasteiger partial charge >= 0.3 is 6.61 Å². The molecule has 2 aromatic carbocycles. The first-order valence-electron chi connectivity index (χ1n) is 10.4. The first kappa shape index (κ1) is 23.6. The minimum absolute atomic E-state index is 0.109. The summed E-state index contributed by atoms with van der Waals surface area (Å²) >= 11 is 1.26. The lowest BCUT2D eigenvalue weighted by Crippen LogP contribution is -2.27. The lowest BCUT2D eigenvalue weighted by Gasteiger charge is -2.08. The maximum atomic E-state index is 12.2. The van der Waals surface area contributed by atoms with Crippen molar-refractivity contribution in [2.75, 3.05) is 12.3 Å². The number of thioether (sulfide) groups is 1. The van der Waals surface area contributed by atoms with Gasteiger partial charge in [-0.2, -0.15) is 13.5 Å². The number of amides is 1. The fourth-order valence-corrected chi connectivity index (χ4v) is 3.70. The van der Waals surface area contributed by atoms with Crippen molar-refractivity contribution >= 4 is 17.7 Å². The van der Waals surface area contributed by atoms with Crippen molar-refractivity contribution in [3.63, 3.8) is 0 Å². The largest absolute Gasteiger partial charge is 0.435 e. The molecule has 1 heterocycles. The summed E-state index contributed by atoms with van der Waals surface area (Å²) < 4.78 is 30.3. The predicted molar refractivity (Wildman–Crippen MR) is 118 cm³/mol. The van der Waals surface area contributed by atoms with E-state index >= 15 is 0 Å². The summed E-state index contributed by atoms with van der Waals surface area (Å²) in [6, 6.07) is 14.4. The zero-order chi connectivity index (χ0) is 22.8. The van der Waals surface area contributed by atoms with E-state index in [4.69, 9.17) is 0 Å². The average Bonchev–Trinajstić information content (AvgIpc) is 3.26. The molecule has 0 unspecified atom stereocenters. The van der Waals surface area contributed by atoms with Crippen molar-refractivity contribution in [1.29, 1.82) is 0 Å². The van der Waals surface area contributed by atoms with Gasteiger partial charge in [0, 0.05) is 6.54 Å². The molecule has 0 atom stereocenters. The van der Waals surface area contributed by atoms with Crippen LogP contribution in [-0.2, 0) is 17.6 Å². The van der Waals surface area contributed by atoms with Gasteiger partial charge in [-0.05, 0) is 65.1 Å². The molecule has 3 aromatic rings. The number of hydrogen-bond acceptors (Lipinski definition) is 6. The van der Waals surface area contributed by atoms with Gasteiger partial charge in [-0.15, -0.1) is 5.10 Å². The summed E-state index contributed by atoms with van der Waals surface area (Å²) in [5.74, 6) is 0.144. The third kappa shape index (κ3) is 7.30. The normalized spacial score (nSPS) is 11.0. The number of rotatable bonds is 12. The van der Waals surface area contributed by atoms with Crippen LogP contribution in [0.25, 0.3) is 5.69 Å². The van der Waals surface area contributed by atoms with Crippen molar-refractivity contribution in [2.45, 2.75) is 44.4 Å². The molecule has 7 nitrogen and oxygen atoms in total. The molecular formula is C22H25F2N5O2S. The fraction of sp³-hybridized carbons (Fsp3) is 0.364. The van der Waals surface area contributed by atoms with Crippen LogP contribution in [0.5, 0.6) is 5.75 Å². The summed E-state index contributed by atoms with van der Waals surface area (Å²) in [4.78, 5) is 12.2. The van der Waals surface area contributed by atoms with Crippen LogP contribution in [0.3, 0.4) is 0 Å². The quantitative estimate of drug-likeness (QED) is 0.410. The molecule has 0 spiro atoms. The van der Waals surface area contributed by atoms with Gasteiger partial charge in [-0.25, -0.2) is 0 Å². The highest BCUT2D eigenvalue weighted by Gasteiger charge is 2.12. The highest BCUT2D eigenvalue weighted by Crippen LogP contribution is 2.19. The van der Waals surface area contributed by atoms with Crippen molar-refractivity contribution in [1.82, 2.24) is 25.5 Å². The van der Waals surface area contributed by atoms with Crippen molar-refractivity contribution in [3.05, 3.63) is 59.7 Å². The standard InChI is InChI=1S/C22H25F2N5O2S/c1-2-3-4-16-5-9-18(10-6-16)29-22(26-27-28-29)32-15-20(30)25-14-13-17-7-11-19(12-8-17)31-21(23)24/h5-12,21H,2-4,13-15H2,1H3,(H,25,30). The molecule has 0 saturated heterocycles. The maximum absolute atomic E-state index is 12.2. The van der Waals surface area contributed by atoms with Crippen LogP contribution in [0.15, 0.2) is 53.7 Å². The van der Waals surface area contributed by atoms with Gasteiger partial charge < -0.3 is 10.1 Å². The Morgan fingerprint density at radius 2 is 1.78 bits per heavy atom. The lowest BCUT2D eigenvalue weighted by molar-refractivity contribution is -0.118. The highest BCUT2D eigenvalue weighted by molar-refractivity contribution is 7.99. The number of tetrazole rings is 1. The third-order valence-electron chi connectivity index (χ3n) is 4.66. The number of unbranched alkanes of at least 4 members (excludes halogenated alkanes) is 1. The Labute approximate surface area is 189 Å². The zero-order valence-electron chi connectivity index (χ0n) is 17.7. The molecule has 1 N–H and O–H groups in total. The molecule has 10 heteroatoms. The molecule has 32 heavy (non-hydrogen) atoms. The Kier molecular flexibility index (Phi) is 8.97. The van der Waals surface area contributed by atoms with Crippen LogP contribution in [-0.4, -0.2) is 45.0 Å². The Balaban J connectivity index is 1.44. The lowest BCUT2D eigenvalue weighted by atomic mass is 10.1. The number of aromatic nitrogens is 4. The first-order chi connectivity index (χ1) is 15.5. The summed E-state index contributed by atoms with van der Waals surface area (Å²) in [6.45, 7) is -0.247. The van der Waals surface area contributed by atoms with Gasteiger partial charge in [0.2, 0.25) is 11.1 Å². The average molecular weight is 462 g/mol. The van der Waals surface area contributed by atoms with E-state index in [1.54, 1.807) is 16.8 Å². The highest BCUT2D eigenvalue weighted by atomic mass is 32.2. The second-order valence-corrected chi connectivity index (χ2v) is 8.00. The van der Waals surface area contributed by atoms with Gasteiger partial charge in [0.05, 0.1) is 11.4 Å². The van der Waals surface area contributed by atoms with Gasteiger partial charge in [0.25, 0.3) is 0 Å². The van der Waals surface area contributed by atoms with Crippen LogP contribution < -0.4 is 10.1 Å². The summed E-state index contributed by atoms with van der Waals surface area (Å²) in [7, 11) is 0. The summed E-state index contributed by atoms with van der Waals surface area (Å²) in [6.07, 6.45) is 3.92. The van der Waals surface area contributed by atoms with E-state index in [1.165, 1.54) is 29.5 Å². The van der Waals surface area contributed by atoms with E-state index in [9.17, 15) is 13.6 Å². The number of carbonyl (C=O) groups excluding carboxylic acids is 1. The van der Waals surface area contributed by atoms with Crippen LogP contribution in [0.4, 0.5) is 8.78 Å². The maximum Gasteiger partial charge on any atom is 0.387 e. The molecule has 0 bridgehead atoms. The van der Waals surface area contributed by atoms with Gasteiger partial charge in [-0.3, -0.25) is 4.79 Å². The van der Waals surface area contributed by atoms with E-state index in [0.717, 1.165) is 30.5 Å². The fourth-order valence-electron chi connectivity index (χ4n) is 2.98. The SMILES string of the molecule is CCCCc1ccc(-n2nnnc2SCC(=O)NCCc2ccc(OC(F)F)cc2)cc1. The molecule has 0 aliphatic heterocycles. The number of nitrogens with zero attached hydrogens (tertiary/aromatic N) is 4. The molecule has 1 amide bonds. The van der Waals surface area contributed by atoms with Crippen molar-refractivity contribution < 1.29 is 18.3 Å². The molecule has 0 saturated carbocycles. The van der Waals surface area contributed by atoms with Crippen LogP contribution in [0, 0.1) is 0 Å². The molecule has 0 aliphatic carbocycles. The number of hydrogen-bond donors (Lipinski definition) is 1. The summed E-state index contributed by atoms with van der Waals surface area (Å²) in [5, 5.41) is 15.1. The minimum Gasteiger partial charge on any atom is -0.435 e. The predicted octanol–water partition coefficient (Wildman–Crippen LogP) is 4.06. The Bertz CT molecular complexity index is 981. The van der Waals surface area contributed by atoms with E-state index in [-0.39, 0.29) is 17.4 Å². The molecule has 170 valence electrons. The Morgan fingerprint density at radius 1 is 1.09 bits per heavy atom. The third-order valence-corrected chi connectivity index (χ3v) is 5.58. The van der Waals surface area contributed by atoms with E-state index < -0.39 is 6.61 Å². The van der Waals surface area contributed by atoms with Crippen LogP contribution >= 0.6 is 11.8 Å². The number of benzene rings is 2. The molecule has 0 radical (unpaired) electrons. The minimum atomic E-state index is -2.84. The molecule has 0 fully saturated rings. The molecular weight excluding hydrogens is 436 g/mol. The number of ether oxygens (including phenoxy) is 1. The number of alkyl halides is 2. The zero-order valence-corrected chi connectivity index (χ0v) is 18.5.